The molecule has 0 aliphatic carbocycles. The molecular weight excluding hydrogens is 615 g/mol. The van der Waals surface area contributed by atoms with Crippen LogP contribution >= 0.6 is 11.8 Å². The molecule has 5 aromatic rings. The number of ether oxygens (including phenoxy) is 1. The molecule has 0 unspecified atom stereocenters. The molecule has 46 heavy (non-hydrogen) atoms. The number of pyridine rings is 1. The van der Waals surface area contributed by atoms with E-state index in [1.54, 1.807) is 43.3 Å². The molecule has 2 amide bonds. The van der Waals surface area contributed by atoms with Crippen molar-refractivity contribution in [2.45, 2.75) is 29.4 Å². The second kappa shape index (κ2) is 14.1. The highest BCUT2D eigenvalue weighted by Gasteiger charge is 2.37. The molecule has 5 rings (SSSR count). The second-order valence-corrected chi connectivity index (χ2v) is 11.1. The van der Waals surface area contributed by atoms with E-state index >= 15 is 0 Å². The summed E-state index contributed by atoms with van der Waals surface area (Å²) >= 11 is 1.45. The number of alkyl halides is 3. The predicted molar refractivity (Wildman–Crippen MR) is 168 cm³/mol. The normalized spacial score (nSPS) is 11.0. The van der Waals surface area contributed by atoms with Crippen LogP contribution < -0.4 is 10.6 Å². The first-order valence-electron chi connectivity index (χ1n) is 13.9. The molecule has 0 spiro atoms. The SMILES string of the molecule is Cc1c(Sc2ccccc2)cccc1C(=O)OC(=O)Nc1ccccc1-c1nccc(C(F)(F)F)c1C(=O)NCc1ccccc1. The molecule has 0 bridgehead atoms. The first-order valence-corrected chi connectivity index (χ1v) is 14.8. The van der Waals surface area contributed by atoms with Crippen molar-refractivity contribution in [1.29, 1.82) is 0 Å². The van der Waals surface area contributed by atoms with E-state index in [-0.39, 0.29) is 29.1 Å². The molecule has 11 heteroatoms. The topological polar surface area (TPSA) is 97.4 Å². The smallest absolute Gasteiger partial charge is 0.372 e. The number of nitrogens with one attached hydrogen (secondary N) is 2. The van der Waals surface area contributed by atoms with Crippen molar-refractivity contribution in [2.75, 3.05) is 5.32 Å². The van der Waals surface area contributed by atoms with Gasteiger partial charge in [0, 0.05) is 28.1 Å². The van der Waals surface area contributed by atoms with Gasteiger partial charge in [0.05, 0.1) is 28.1 Å². The maximum Gasteiger partial charge on any atom is 0.419 e. The number of anilines is 1. The number of esters is 1. The average Bonchev–Trinajstić information content (AvgIpc) is 3.05. The van der Waals surface area contributed by atoms with Crippen LogP contribution in [0.4, 0.5) is 23.7 Å². The van der Waals surface area contributed by atoms with Crippen LogP contribution in [0.5, 0.6) is 0 Å². The largest absolute Gasteiger partial charge is 0.419 e. The van der Waals surface area contributed by atoms with Gasteiger partial charge in [-0.05, 0) is 54.4 Å². The Kier molecular flexibility index (Phi) is 9.82. The van der Waals surface area contributed by atoms with Crippen molar-refractivity contribution < 1.29 is 32.3 Å². The molecule has 0 radical (unpaired) electrons. The molecule has 0 saturated carbocycles. The van der Waals surface area contributed by atoms with Gasteiger partial charge in [-0.15, -0.1) is 0 Å². The lowest BCUT2D eigenvalue weighted by Crippen LogP contribution is -2.27. The van der Waals surface area contributed by atoms with Crippen LogP contribution in [0.3, 0.4) is 0 Å². The third kappa shape index (κ3) is 7.62. The van der Waals surface area contributed by atoms with Gasteiger partial charge in [-0.2, -0.15) is 13.2 Å². The number of amides is 2. The van der Waals surface area contributed by atoms with Crippen LogP contribution in [0.25, 0.3) is 11.3 Å². The summed E-state index contributed by atoms with van der Waals surface area (Å²) in [6, 6.07) is 29.9. The van der Waals surface area contributed by atoms with E-state index < -0.39 is 35.3 Å². The number of benzene rings is 4. The number of nitrogens with zero attached hydrogens (tertiary/aromatic N) is 1. The van der Waals surface area contributed by atoms with Gasteiger partial charge in [0.2, 0.25) is 0 Å². The van der Waals surface area contributed by atoms with Gasteiger partial charge in [-0.1, -0.05) is 84.6 Å². The van der Waals surface area contributed by atoms with Gasteiger partial charge < -0.3 is 10.1 Å². The number of para-hydroxylation sites is 1. The molecular formula is C35H26F3N3O4S. The minimum atomic E-state index is -4.88. The van der Waals surface area contributed by atoms with Crippen LogP contribution in [-0.4, -0.2) is 23.0 Å². The number of aromatic nitrogens is 1. The zero-order chi connectivity index (χ0) is 32.7. The third-order valence-corrected chi connectivity index (χ3v) is 8.03. The van der Waals surface area contributed by atoms with Crippen molar-refractivity contribution in [2.24, 2.45) is 0 Å². The Hall–Kier alpha value is -5.42. The van der Waals surface area contributed by atoms with Crippen molar-refractivity contribution in [3.8, 4) is 11.3 Å². The standard InChI is InChI=1S/C35H26F3N3O4S/c1-22-25(16-10-18-29(22)46-24-13-6-3-7-14-24)33(43)45-34(44)41-28-17-9-8-15-26(28)31-30(27(19-20-39-31)35(36,37)38)32(42)40-21-23-11-4-2-5-12-23/h2-20H,21H2,1H3,(H,40,42)(H,41,44). The molecule has 4 aromatic carbocycles. The maximum absolute atomic E-state index is 14.1. The number of rotatable bonds is 8. The van der Waals surface area contributed by atoms with Crippen molar-refractivity contribution in [1.82, 2.24) is 10.3 Å². The summed E-state index contributed by atoms with van der Waals surface area (Å²) in [4.78, 5) is 45.1. The number of hydrogen-bond acceptors (Lipinski definition) is 6. The molecule has 7 nitrogen and oxygen atoms in total. The van der Waals surface area contributed by atoms with Gasteiger partial charge in [-0.25, -0.2) is 9.59 Å². The summed E-state index contributed by atoms with van der Waals surface area (Å²) in [6.45, 7) is 1.71. The van der Waals surface area contributed by atoms with Crippen molar-refractivity contribution >= 4 is 35.4 Å². The first-order chi connectivity index (χ1) is 22.1. The maximum atomic E-state index is 14.1. The fourth-order valence-electron chi connectivity index (χ4n) is 4.63. The Balaban J connectivity index is 1.39. The molecule has 0 saturated heterocycles. The summed E-state index contributed by atoms with van der Waals surface area (Å²) in [5.41, 5.74) is -0.773. The zero-order valence-corrected chi connectivity index (χ0v) is 25.1. The van der Waals surface area contributed by atoms with E-state index in [1.807, 2.05) is 36.4 Å². The Morgan fingerprint density at radius 3 is 2.22 bits per heavy atom. The number of carbonyl (C=O) groups is 3. The Morgan fingerprint density at radius 1 is 0.826 bits per heavy atom. The monoisotopic (exact) mass is 641 g/mol. The van der Waals surface area contributed by atoms with E-state index in [0.29, 0.717) is 11.1 Å². The third-order valence-electron chi connectivity index (χ3n) is 6.86. The van der Waals surface area contributed by atoms with Crippen LogP contribution in [0.1, 0.15) is 37.4 Å². The van der Waals surface area contributed by atoms with Crippen LogP contribution in [0.2, 0.25) is 0 Å². The lowest BCUT2D eigenvalue weighted by Gasteiger charge is -2.18. The van der Waals surface area contributed by atoms with Crippen LogP contribution in [0, 0.1) is 6.92 Å². The van der Waals surface area contributed by atoms with Gasteiger partial charge in [-0.3, -0.25) is 15.1 Å². The Bertz CT molecular complexity index is 1880. The summed E-state index contributed by atoms with van der Waals surface area (Å²) in [7, 11) is 0. The van der Waals surface area contributed by atoms with E-state index in [2.05, 4.69) is 15.6 Å². The molecule has 0 fully saturated rings. The summed E-state index contributed by atoms with van der Waals surface area (Å²) in [5.74, 6) is -1.92. The van der Waals surface area contributed by atoms with Crippen molar-refractivity contribution in [3.05, 3.63) is 143 Å². The molecule has 1 aromatic heterocycles. The van der Waals surface area contributed by atoms with Gasteiger partial charge >= 0.3 is 18.2 Å². The Labute approximate surface area is 266 Å². The molecule has 0 atom stereocenters. The molecule has 232 valence electrons. The Morgan fingerprint density at radius 2 is 1.50 bits per heavy atom. The average molecular weight is 642 g/mol. The highest BCUT2D eigenvalue weighted by molar-refractivity contribution is 7.99. The number of halogens is 3. The van der Waals surface area contributed by atoms with Gasteiger partial charge in [0.1, 0.15) is 0 Å². The predicted octanol–water partition coefficient (Wildman–Crippen LogP) is 8.55. The molecule has 1 heterocycles. The van der Waals surface area contributed by atoms with Gasteiger partial charge in [0.15, 0.2) is 0 Å². The fourth-order valence-corrected chi connectivity index (χ4v) is 5.59. The first kappa shape index (κ1) is 32.0. The summed E-state index contributed by atoms with van der Waals surface area (Å²) < 4.78 is 47.5. The lowest BCUT2D eigenvalue weighted by molar-refractivity contribution is -0.138. The summed E-state index contributed by atoms with van der Waals surface area (Å²) in [6.07, 6.45) is -5.11. The quantitative estimate of drug-likeness (QED) is 0.130. The second-order valence-electron chi connectivity index (χ2n) is 9.94. The van der Waals surface area contributed by atoms with E-state index in [4.69, 9.17) is 4.74 Å². The highest BCUT2D eigenvalue weighted by Crippen LogP contribution is 2.38. The van der Waals surface area contributed by atoms with Gasteiger partial charge in [0.25, 0.3) is 5.91 Å². The van der Waals surface area contributed by atoms with E-state index in [1.165, 1.54) is 42.1 Å². The van der Waals surface area contributed by atoms with Crippen molar-refractivity contribution in [3.63, 3.8) is 0 Å². The minimum Gasteiger partial charge on any atom is -0.372 e. The number of hydrogen-bond donors (Lipinski definition) is 2. The fraction of sp³-hybridized carbons (Fsp3) is 0.0857. The molecule has 0 aliphatic rings. The van der Waals surface area contributed by atoms with E-state index in [0.717, 1.165) is 22.1 Å². The van der Waals surface area contributed by atoms with Crippen LogP contribution in [-0.2, 0) is 17.5 Å². The zero-order valence-electron chi connectivity index (χ0n) is 24.3. The highest BCUT2D eigenvalue weighted by atomic mass is 32.2. The lowest BCUT2D eigenvalue weighted by atomic mass is 9.98. The minimum absolute atomic E-state index is 0.0142. The van der Waals surface area contributed by atoms with Crippen LogP contribution in [0.15, 0.2) is 125 Å². The molecule has 0 aliphatic heterocycles. The molecule has 2 N–H and O–H groups in total. The number of carbonyl (C=O) groups excluding carboxylic acids is 3. The van der Waals surface area contributed by atoms with E-state index in [9.17, 15) is 27.6 Å². The summed E-state index contributed by atoms with van der Waals surface area (Å²) in [5, 5.41) is 4.96.